The van der Waals surface area contributed by atoms with Gasteiger partial charge in [0, 0.05) is 0 Å². The quantitative estimate of drug-likeness (QED) is 0.223. The second kappa shape index (κ2) is 12.3. The van der Waals surface area contributed by atoms with Crippen LogP contribution in [-0.4, -0.2) is 30.4 Å². The van der Waals surface area contributed by atoms with Gasteiger partial charge in [0.15, 0.2) is 0 Å². The highest BCUT2D eigenvalue weighted by molar-refractivity contribution is 7.86. The second-order valence-corrected chi connectivity index (χ2v) is 8.94. The average molecular weight is 363 g/mol. The summed E-state index contributed by atoms with van der Waals surface area (Å²) < 4.78 is 38.4. The first-order valence-electron chi connectivity index (χ1n) is 10.1. The van der Waals surface area contributed by atoms with E-state index in [0.29, 0.717) is 6.42 Å². The van der Waals surface area contributed by atoms with Crippen molar-refractivity contribution in [2.45, 2.75) is 121 Å². The van der Waals surface area contributed by atoms with E-state index in [1.165, 1.54) is 51.4 Å². The fourth-order valence-electron chi connectivity index (χ4n) is 3.45. The number of hydrogen-bond acceptors (Lipinski definition) is 3. The Bertz CT molecular complexity index is 408. The molecule has 1 fully saturated rings. The van der Waals surface area contributed by atoms with Gasteiger partial charge >= 0.3 is 0 Å². The van der Waals surface area contributed by atoms with Crippen LogP contribution in [0.5, 0.6) is 0 Å². The van der Waals surface area contributed by atoms with Crippen LogP contribution in [0.25, 0.3) is 0 Å². The highest BCUT2D eigenvalue weighted by atomic mass is 32.2. The molecule has 0 amide bonds. The topological polar surface area (TPSA) is 66.9 Å². The molecule has 1 N–H and O–H groups in total. The number of ether oxygens (including phenoxy) is 1. The van der Waals surface area contributed by atoms with Gasteiger partial charge in [-0.3, -0.25) is 4.55 Å². The van der Waals surface area contributed by atoms with Crippen LogP contribution < -0.4 is 0 Å². The zero-order chi connectivity index (χ0) is 17.8. The fraction of sp³-hybridized carbons (Fsp3) is 1.00. The molecule has 1 saturated heterocycles. The van der Waals surface area contributed by atoms with Crippen molar-refractivity contribution in [3.8, 4) is 0 Å². The van der Waals surface area contributed by atoms with Crippen LogP contribution in [-0.2, 0) is 14.9 Å². The van der Waals surface area contributed by atoms with Gasteiger partial charge in [-0.25, -0.2) is 0 Å². The maximum atomic E-state index is 11.6. The summed E-state index contributed by atoms with van der Waals surface area (Å²) in [6, 6.07) is 0. The number of epoxide rings is 1. The van der Waals surface area contributed by atoms with E-state index >= 15 is 0 Å². The average Bonchev–Trinajstić information content (AvgIpc) is 3.27. The van der Waals surface area contributed by atoms with Crippen molar-refractivity contribution in [1.29, 1.82) is 0 Å². The van der Waals surface area contributed by atoms with Crippen LogP contribution in [0.2, 0.25) is 0 Å². The SMILES string of the molecule is CCCCCCCCC1OC1C(CCCCCCCC)S(=O)(=O)O. The summed E-state index contributed by atoms with van der Waals surface area (Å²) in [5.41, 5.74) is 0. The monoisotopic (exact) mass is 362 g/mol. The van der Waals surface area contributed by atoms with Gasteiger partial charge < -0.3 is 4.74 Å². The smallest absolute Gasteiger partial charge is 0.270 e. The molecule has 1 rings (SSSR count). The van der Waals surface area contributed by atoms with Crippen LogP contribution in [0.3, 0.4) is 0 Å². The van der Waals surface area contributed by atoms with Gasteiger partial charge in [0.05, 0.1) is 6.10 Å². The summed E-state index contributed by atoms with van der Waals surface area (Å²) >= 11 is 0. The molecule has 0 radical (unpaired) electrons. The third-order valence-electron chi connectivity index (χ3n) is 5.06. The Labute approximate surface area is 149 Å². The van der Waals surface area contributed by atoms with Crippen molar-refractivity contribution >= 4 is 10.1 Å². The molecular formula is C19H38O4S. The third-order valence-corrected chi connectivity index (χ3v) is 6.32. The van der Waals surface area contributed by atoms with Gasteiger partial charge in [-0.1, -0.05) is 90.9 Å². The predicted molar refractivity (Wildman–Crippen MR) is 100.0 cm³/mol. The number of hydrogen-bond donors (Lipinski definition) is 1. The Morgan fingerprint density at radius 1 is 0.833 bits per heavy atom. The lowest BCUT2D eigenvalue weighted by atomic mass is 10.0. The Kier molecular flexibility index (Phi) is 11.2. The molecule has 0 aliphatic carbocycles. The van der Waals surface area contributed by atoms with Crippen molar-refractivity contribution < 1.29 is 17.7 Å². The third kappa shape index (κ3) is 9.38. The molecule has 24 heavy (non-hydrogen) atoms. The molecule has 1 aliphatic heterocycles. The summed E-state index contributed by atoms with van der Waals surface area (Å²) in [4.78, 5) is 0. The van der Waals surface area contributed by atoms with Crippen molar-refractivity contribution in [3.63, 3.8) is 0 Å². The molecule has 1 heterocycles. The zero-order valence-electron chi connectivity index (χ0n) is 15.7. The number of rotatable bonds is 16. The van der Waals surface area contributed by atoms with Crippen molar-refractivity contribution in [2.75, 3.05) is 0 Å². The lowest BCUT2D eigenvalue weighted by Crippen LogP contribution is -2.27. The summed E-state index contributed by atoms with van der Waals surface area (Å²) in [5.74, 6) is 0. The van der Waals surface area contributed by atoms with E-state index in [2.05, 4.69) is 13.8 Å². The highest BCUT2D eigenvalue weighted by Crippen LogP contribution is 2.35. The molecule has 0 saturated carbocycles. The minimum absolute atomic E-state index is 0.0446. The van der Waals surface area contributed by atoms with Gasteiger partial charge in [-0.15, -0.1) is 0 Å². The van der Waals surface area contributed by atoms with Gasteiger partial charge in [-0.2, -0.15) is 8.42 Å². The number of unbranched alkanes of at least 4 members (excludes halogenated alkanes) is 10. The summed E-state index contributed by atoms with van der Waals surface area (Å²) in [5, 5.41) is -0.714. The first-order chi connectivity index (χ1) is 11.5. The molecular weight excluding hydrogens is 324 g/mol. The first-order valence-corrected chi connectivity index (χ1v) is 11.6. The van der Waals surface area contributed by atoms with E-state index in [9.17, 15) is 13.0 Å². The predicted octanol–water partition coefficient (Wildman–Crippen LogP) is 5.51. The molecule has 1 aliphatic rings. The van der Waals surface area contributed by atoms with Gasteiger partial charge in [0.2, 0.25) is 0 Å². The normalized spacial score (nSPS) is 21.8. The van der Waals surface area contributed by atoms with Gasteiger partial charge in [0.1, 0.15) is 11.4 Å². The minimum Gasteiger partial charge on any atom is -0.368 e. The van der Waals surface area contributed by atoms with Crippen molar-refractivity contribution in [2.24, 2.45) is 0 Å². The molecule has 144 valence electrons. The lowest BCUT2D eigenvalue weighted by molar-refractivity contribution is 0.341. The molecule has 0 aromatic carbocycles. The summed E-state index contributed by atoms with van der Waals surface area (Å²) in [6.45, 7) is 4.39. The standard InChI is InChI=1S/C19H38O4S/c1-3-5-7-9-11-13-15-17-19(23-17)18(24(20,21)22)16-14-12-10-8-6-4-2/h17-19H,3-16H2,1-2H3,(H,20,21,22). The second-order valence-electron chi connectivity index (χ2n) is 7.31. The van der Waals surface area contributed by atoms with E-state index in [0.717, 1.165) is 32.1 Å². The lowest BCUT2D eigenvalue weighted by Gasteiger charge is -2.11. The van der Waals surface area contributed by atoms with Gasteiger partial charge in [0.25, 0.3) is 10.1 Å². The highest BCUT2D eigenvalue weighted by Gasteiger charge is 2.48. The Morgan fingerprint density at radius 3 is 1.88 bits per heavy atom. The summed E-state index contributed by atoms with van der Waals surface area (Å²) in [6.07, 6.45) is 15.3. The van der Waals surface area contributed by atoms with E-state index in [1.54, 1.807) is 0 Å². The molecule has 4 nitrogen and oxygen atoms in total. The Balaban J connectivity index is 2.20. The van der Waals surface area contributed by atoms with E-state index in [1.807, 2.05) is 0 Å². The first kappa shape index (κ1) is 21.9. The largest absolute Gasteiger partial charge is 0.368 e. The van der Waals surface area contributed by atoms with Crippen LogP contribution in [0.1, 0.15) is 104 Å². The van der Waals surface area contributed by atoms with Crippen LogP contribution in [0.4, 0.5) is 0 Å². The van der Waals surface area contributed by atoms with E-state index < -0.39 is 15.4 Å². The zero-order valence-corrected chi connectivity index (χ0v) is 16.5. The fourth-order valence-corrected chi connectivity index (χ4v) is 4.49. The molecule has 0 aromatic heterocycles. The molecule has 5 heteroatoms. The van der Waals surface area contributed by atoms with Crippen molar-refractivity contribution in [3.05, 3.63) is 0 Å². The van der Waals surface area contributed by atoms with Gasteiger partial charge in [-0.05, 0) is 12.8 Å². The molecule has 0 aromatic rings. The molecule has 0 spiro atoms. The maximum absolute atomic E-state index is 11.6. The van der Waals surface area contributed by atoms with Crippen molar-refractivity contribution in [1.82, 2.24) is 0 Å². The van der Waals surface area contributed by atoms with E-state index in [-0.39, 0.29) is 12.2 Å². The minimum atomic E-state index is -4.00. The molecule has 0 bridgehead atoms. The Hall–Kier alpha value is -0.130. The van der Waals surface area contributed by atoms with Crippen LogP contribution >= 0.6 is 0 Å². The maximum Gasteiger partial charge on any atom is 0.270 e. The summed E-state index contributed by atoms with van der Waals surface area (Å²) in [7, 11) is -4.00. The van der Waals surface area contributed by atoms with Crippen LogP contribution in [0.15, 0.2) is 0 Å². The molecule has 3 atom stereocenters. The Morgan fingerprint density at radius 2 is 1.33 bits per heavy atom. The van der Waals surface area contributed by atoms with E-state index in [4.69, 9.17) is 4.74 Å². The van der Waals surface area contributed by atoms with Crippen LogP contribution in [0, 0.1) is 0 Å². The molecule has 3 unspecified atom stereocenters.